The minimum atomic E-state index is 0.939. The first kappa shape index (κ1) is 10.2. The molecule has 0 aromatic carbocycles. The first-order chi connectivity index (χ1) is 7.33. The Morgan fingerprint density at radius 2 is 2.07 bits per heavy atom. The second kappa shape index (κ2) is 4.45. The molecular weight excluding hydrogens is 186 g/mol. The predicted molar refractivity (Wildman–Crippen MR) is 61.8 cm³/mol. The third-order valence-corrected chi connectivity index (χ3v) is 2.69. The minimum Gasteiger partial charge on any atom is -0.307 e. The zero-order valence-electron chi connectivity index (χ0n) is 9.35. The molecular formula is C12H17N3. The van der Waals surface area contributed by atoms with Gasteiger partial charge in [-0.05, 0) is 25.2 Å². The van der Waals surface area contributed by atoms with Gasteiger partial charge in [-0.1, -0.05) is 19.9 Å². The number of aromatic nitrogens is 2. The molecule has 15 heavy (non-hydrogen) atoms. The molecule has 0 aliphatic carbocycles. The van der Waals surface area contributed by atoms with Crippen molar-refractivity contribution in [3.05, 3.63) is 36.3 Å². The van der Waals surface area contributed by atoms with E-state index in [1.165, 1.54) is 0 Å². The lowest BCUT2D eigenvalue weighted by molar-refractivity contribution is 0.293. The van der Waals surface area contributed by atoms with E-state index in [2.05, 4.69) is 34.3 Å². The van der Waals surface area contributed by atoms with Gasteiger partial charge in [0.15, 0.2) is 0 Å². The van der Waals surface area contributed by atoms with E-state index in [-0.39, 0.29) is 0 Å². The van der Waals surface area contributed by atoms with Crippen molar-refractivity contribution in [3.8, 4) is 0 Å². The van der Waals surface area contributed by atoms with Crippen molar-refractivity contribution in [1.82, 2.24) is 14.3 Å². The van der Waals surface area contributed by atoms with Crippen LogP contribution >= 0.6 is 0 Å². The smallest absolute Gasteiger partial charge is 0.137 e. The highest BCUT2D eigenvalue weighted by Crippen LogP contribution is 2.06. The van der Waals surface area contributed by atoms with E-state index in [1.54, 1.807) is 0 Å². The lowest BCUT2D eigenvalue weighted by atomic mass is 10.4. The molecule has 0 aliphatic heterocycles. The molecule has 3 heteroatoms. The van der Waals surface area contributed by atoms with Crippen LogP contribution in [0.4, 0.5) is 0 Å². The van der Waals surface area contributed by atoms with Crippen molar-refractivity contribution in [3.63, 3.8) is 0 Å². The lowest BCUT2D eigenvalue weighted by Crippen LogP contribution is -2.22. The minimum absolute atomic E-state index is 0.939. The Bertz CT molecular complexity index is 396. The van der Waals surface area contributed by atoms with Crippen molar-refractivity contribution in [2.24, 2.45) is 0 Å². The molecule has 2 heterocycles. The topological polar surface area (TPSA) is 20.5 Å². The van der Waals surface area contributed by atoms with E-state index >= 15 is 0 Å². The third-order valence-electron chi connectivity index (χ3n) is 2.69. The van der Waals surface area contributed by atoms with Gasteiger partial charge in [-0.15, -0.1) is 0 Å². The van der Waals surface area contributed by atoms with Crippen molar-refractivity contribution in [2.75, 3.05) is 13.1 Å². The van der Waals surface area contributed by atoms with Crippen LogP contribution in [0.5, 0.6) is 0 Å². The van der Waals surface area contributed by atoms with E-state index in [0.29, 0.717) is 0 Å². The predicted octanol–water partition coefficient (Wildman–Crippen LogP) is 2.18. The number of nitrogens with zero attached hydrogens (tertiary/aromatic N) is 3. The molecule has 0 bridgehead atoms. The fraction of sp³-hybridized carbons (Fsp3) is 0.417. The molecule has 2 rings (SSSR count). The van der Waals surface area contributed by atoms with Gasteiger partial charge < -0.3 is 4.40 Å². The Hall–Kier alpha value is -1.35. The van der Waals surface area contributed by atoms with Gasteiger partial charge in [-0.3, -0.25) is 4.90 Å². The van der Waals surface area contributed by atoms with Crippen molar-refractivity contribution in [1.29, 1.82) is 0 Å². The monoisotopic (exact) mass is 203 g/mol. The van der Waals surface area contributed by atoms with Gasteiger partial charge in [0.25, 0.3) is 0 Å². The summed E-state index contributed by atoms with van der Waals surface area (Å²) in [6.07, 6.45) is 4.14. The summed E-state index contributed by atoms with van der Waals surface area (Å²) in [6.45, 7) is 7.45. The molecule has 0 unspecified atom stereocenters. The van der Waals surface area contributed by atoms with Crippen LogP contribution in [0, 0.1) is 0 Å². The zero-order valence-corrected chi connectivity index (χ0v) is 9.35. The molecule has 0 saturated carbocycles. The van der Waals surface area contributed by atoms with Crippen LogP contribution in [0.25, 0.3) is 5.65 Å². The highest BCUT2D eigenvalue weighted by atomic mass is 15.1. The van der Waals surface area contributed by atoms with Crippen LogP contribution in [0.3, 0.4) is 0 Å². The van der Waals surface area contributed by atoms with Crippen LogP contribution in [-0.4, -0.2) is 27.4 Å². The van der Waals surface area contributed by atoms with Gasteiger partial charge in [0.1, 0.15) is 5.65 Å². The summed E-state index contributed by atoms with van der Waals surface area (Å²) in [6, 6.07) is 6.07. The van der Waals surface area contributed by atoms with E-state index < -0.39 is 0 Å². The maximum atomic E-state index is 4.57. The Labute approximate surface area is 90.4 Å². The first-order valence-corrected chi connectivity index (χ1v) is 5.48. The summed E-state index contributed by atoms with van der Waals surface area (Å²) >= 11 is 0. The Morgan fingerprint density at radius 1 is 1.27 bits per heavy atom. The number of imidazole rings is 1. The molecule has 2 aromatic rings. The van der Waals surface area contributed by atoms with Crippen LogP contribution in [0.1, 0.15) is 19.5 Å². The van der Waals surface area contributed by atoms with Crippen LogP contribution in [0.15, 0.2) is 30.6 Å². The van der Waals surface area contributed by atoms with Gasteiger partial charge in [-0.25, -0.2) is 4.98 Å². The van der Waals surface area contributed by atoms with Crippen LogP contribution in [-0.2, 0) is 6.54 Å². The van der Waals surface area contributed by atoms with Gasteiger partial charge >= 0.3 is 0 Å². The highest BCUT2D eigenvalue weighted by Gasteiger charge is 2.04. The quantitative estimate of drug-likeness (QED) is 0.759. The lowest BCUT2D eigenvalue weighted by Gasteiger charge is -2.15. The summed E-state index contributed by atoms with van der Waals surface area (Å²) in [7, 11) is 0. The average Bonchev–Trinajstić information content (AvgIpc) is 2.68. The molecule has 2 aromatic heterocycles. The third kappa shape index (κ3) is 2.18. The van der Waals surface area contributed by atoms with Gasteiger partial charge in [0.2, 0.25) is 0 Å². The highest BCUT2D eigenvalue weighted by molar-refractivity contribution is 5.39. The van der Waals surface area contributed by atoms with Crippen molar-refractivity contribution < 1.29 is 0 Å². The number of rotatable bonds is 4. The molecule has 0 spiro atoms. The number of pyridine rings is 1. The summed E-state index contributed by atoms with van der Waals surface area (Å²) in [4.78, 5) is 6.93. The summed E-state index contributed by atoms with van der Waals surface area (Å²) < 4.78 is 2.07. The second-order valence-corrected chi connectivity index (χ2v) is 3.66. The number of fused-ring (bicyclic) bond motifs is 1. The molecule has 0 fully saturated rings. The van der Waals surface area contributed by atoms with Crippen molar-refractivity contribution in [2.45, 2.75) is 20.4 Å². The molecule has 0 saturated heterocycles. The molecule has 0 amide bonds. The molecule has 0 N–H and O–H groups in total. The number of hydrogen-bond acceptors (Lipinski definition) is 2. The Morgan fingerprint density at radius 3 is 2.73 bits per heavy atom. The Kier molecular flexibility index (Phi) is 3.02. The Balaban J connectivity index is 2.21. The summed E-state index contributed by atoms with van der Waals surface area (Å²) in [5, 5.41) is 0. The molecule has 0 aliphatic rings. The molecule has 80 valence electrons. The van der Waals surface area contributed by atoms with Gasteiger partial charge in [0, 0.05) is 18.9 Å². The summed E-state index contributed by atoms with van der Waals surface area (Å²) in [5.74, 6) is 0. The fourth-order valence-electron chi connectivity index (χ4n) is 1.74. The number of hydrogen-bond donors (Lipinski definition) is 0. The van der Waals surface area contributed by atoms with Gasteiger partial charge in [0.05, 0.1) is 5.69 Å². The van der Waals surface area contributed by atoms with E-state index in [0.717, 1.165) is 31.0 Å². The van der Waals surface area contributed by atoms with Crippen LogP contribution < -0.4 is 0 Å². The summed E-state index contributed by atoms with van der Waals surface area (Å²) in [5.41, 5.74) is 2.17. The molecule has 3 nitrogen and oxygen atoms in total. The largest absolute Gasteiger partial charge is 0.307 e. The standard InChI is InChI=1S/C12H17N3/c1-3-14(4-2)9-11-10-15-8-6-5-7-12(15)13-11/h5-8,10H,3-4,9H2,1-2H3. The zero-order chi connectivity index (χ0) is 10.7. The van der Waals surface area contributed by atoms with E-state index in [1.807, 2.05) is 24.4 Å². The van der Waals surface area contributed by atoms with E-state index in [4.69, 9.17) is 0 Å². The molecule has 0 atom stereocenters. The SMILES string of the molecule is CCN(CC)Cc1cn2ccccc2n1. The van der Waals surface area contributed by atoms with Crippen molar-refractivity contribution >= 4 is 5.65 Å². The van der Waals surface area contributed by atoms with Crippen LogP contribution in [0.2, 0.25) is 0 Å². The maximum absolute atomic E-state index is 4.57. The van der Waals surface area contributed by atoms with E-state index in [9.17, 15) is 0 Å². The first-order valence-electron chi connectivity index (χ1n) is 5.48. The fourth-order valence-corrected chi connectivity index (χ4v) is 1.74. The average molecular weight is 203 g/mol. The normalized spacial score (nSPS) is 11.4. The maximum Gasteiger partial charge on any atom is 0.137 e. The molecule has 0 radical (unpaired) electrons. The van der Waals surface area contributed by atoms with Gasteiger partial charge in [-0.2, -0.15) is 0 Å². The second-order valence-electron chi connectivity index (χ2n) is 3.66.